The van der Waals surface area contributed by atoms with E-state index in [9.17, 15) is 9.59 Å². The van der Waals surface area contributed by atoms with Crippen LogP contribution in [0.25, 0.3) is 0 Å². The van der Waals surface area contributed by atoms with Crippen LogP contribution in [0.3, 0.4) is 0 Å². The topological polar surface area (TPSA) is 81.0 Å². The van der Waals surface area contributed by atoms with Crippen molar-refractivity contribution < 1.29 is 23.5 Å². The van der Waals surface area contributed by atoms with Crippen LogP contribution in [0, 0.1) is 6.92 Å². The number of anilines is 1. The van der Waals surface area contributed by atoms with E-state index in [1.807, 2.05) is 31.2 Å². The van der Waals surface area contributed by atoms with Crippen LogP contribution in [0.4, 0.5) is 5.69 Å². The van der Waals surface area contributed by atoms with Gasteiger partial charge in [-0.3, -0.25) is 14.5 Å². The second kappa shape index (κ2) is 10.5. The number of benzene rings is 2. The molecule has 1 aliphatic rings. The monoisotopic (exact) mass is 462 g/mol. The fraction of sp³-hybridized carbons (Fsp3) is 0.333. The van der Waals surface area contributed by atoms with Gasteiger partial charge in [0.15, 0.2) is 17.3 Å². The third-order valence-electron chi connectivity index (χ3n) is 6.17. The molecule has 1 aromatic heterocycles. The molecule has 178 valence electrons. The molecule has 0 saturated heterocycles. The Labute approximate surface area is 199 Å². The van der Waals surface area contributed by atoms with E-state index in [4.69, 9.17) is 13.9 Å². The number of aryl methyl sites for hydroxylation is 1. The second-order valence-corrected chi connectivity index (χ2v) is 8.47. The lowest BCUT2D eigenvalue weighted by Crippen LogP contribution is -2.46. The Morgan fingerprint density at radius 1 is 1.03 bits per heavy atom. The predicted molar refractivity (Wildman–Crippen MR) is 129 cm³/mol. The molecule has 7 heteroatoms. The first-order valence-corrected chi connectivity index (χ1v) is 11.5. The molecule has 1 atom stereocenters. The van der Waals surface area contributed by atoms with Gasteiger partial charge in [0.2, 0.25) is 5.91 Å². The number of nitrogens with zero attached hydrogens (tertiary/aromatic N) is 1. The van der Waals surface area contributed by atoms with Gasteiger partial charge in [-0.1, -0.05) is 37.1 Å². The van der Waals surface area contributed by atoms with Crippen molar-refractivity contribution in [2.24, 2.45) is 0 Å². The Hall–Kier alpha value is -3.74. The van der Waals surface area contributed by atoms with Gasteiger partial charge in [0.05, 0.1) is 20.5 Å². The average molecular weight is 463 g/mol. The number of para-hydroxylation sites is 1. The van der Waals surface area contributed by atoms with Crippen molar-refractivity contribution in [2.45, 2.75) is 44.7 Å². The van der Waals surface area contributed by atoms with E-state index in [1.54, 1.807) is 37.4 Å². The molecule has 7 nitrogen and oxygen atoms in total. The van der Waals surface area contributed by atoms with Crippen molar-refractivity contribution in [3.8, 4) is 11.5 Å². The van der Waals surface area contributed by atoms with Gasteiger partial charge in [0.1, 0.15) is 6.04 Å². The molecule has 1 fully saturated rings. The minimum atomic E-state index is -1.01. The smallest absolute Gasteiger partial charge is 0.294 e. The molecule has 2 amide bonds. The van der Waals surface area contributed by atoms with E-state index in [2.05, 4.69) is 5.32 Å². The van der Waals surface area contributed by atoms with Crippen LogP contribution in [-0.2, 0) is 4.79 Å². The molecule has 1 heterocycles. The molecule has 0 bridgehead atoms. The molecule has 2 aromatic carbocycles. The van der Waals surface area contributed by atoms with Crippen LogP contribution in [0.2, 0.25) is 0 Å². The summed E-state index contributed by atoms with van der Waals surface area (Å²) in [6, 6.07) is 15.2. The molecule has 0 spiro atoms. The summed E-state index contributed by atoms with van der Waals surface area (Å²) in [5.41, 5.74) is 2.07. The summed E-state index contributed by atoms with van der Waals surface area (Å²) in [4.78, 5) is 29.2. The zero-order chi connectivity index (χ0) is 24.1. The maximum atomic E-state index is 13.9. The number of carbonyl (C=O) groups excluding carboxylic acids is 2. The van der Waals surface area contributed by atoms with E-state index in [1.165, 1.54) is 18.3 Å². The zero-order valence-corrected chi connectivity index (χ0v) is 19.7. The summed E-state index contributed by atoms with van der Waals surface area (Å²) in [6.07, 6.45) is 5.44. The van der Waals surface area contributed by atoms with Crippen molar-refractivity contribution >= 4 is 17.5 Å². The van der Waals surface area contributed by atoms with Gasteiger partial charge in [0.25, 0.3) is 5.91 Å². The van der Waals surface area contributed by atoms with Gasteiger partial charge < -0.3 is 19.2 Å². The number of hydrogen-bond donors (Lipinski definition) is 1. The van der Waals surface area contributed by atoms with Gasteiger partial charge in [0, 0.05) is 17.3 Å². The van der Waals surface area contributed by atoms with Gasteiger partial charge in [-0.05, 0) is 55.7 Å². The van der Waals surface area contributed by atoms with E-state index in [0.717, 1.165) is 31.2 Å². The molecular formula is C27H30N2O5. The van der Waals surface area contributed by atoms with Crippen LogP contribution in [-0.4, -0.2) is 32.1 Å². The molecule has 34 heavy (non-hydrogen) atoms. The number of methoxy groups -OCH3 is 2. The minimum Gasteiger partial charge on any atom is -0.493 e. The van der Waals surface area contributed by atoms with Crippen LogP contribution in [0.5, 0.6) is 11.5 Å². The van der Waals surface area contributed by atoms with Gasteiger partial charge in [-0.2, -0.15) is 0 Å². The molecule has 3 aromatic rings. The first-order chi connectivity index (χ1) is 16.5. The van der Waals surface area contributed by atoms with Crippen molar-refractivity contribution in [1.29, 1.82) is 0 Å². The zero-order valence-electron chi connectivity index (χ0n) is 19.7. The molecule has 0 unspecified atom stereocenters. The Morgan fingerprint density at radius 2 is 1.79 bits per heavy atom. The first-order valence-electron chi connectivity index (χ1n) is 11.5. The van der Waals surface area contributed by atoms with Gasteiger partial charge >= 0.3 is 0 Å². The Kier molecular flexibility index (Phi) is 7.21. The average Bonchev–Trinajstić information content (AvgIpc) is 3.56. The SMILES string of the molecule is COc1cccc([C@H](C(=O)NC2CCCC2)N(C(=O)c2ccco2)c2cccc(C)c2)c1OC. The fourth-order valence-electron chi connectivity index (χ4n) is 4.56. The summed E-state index contributed by atoms with van der Waals surface area (Å²) in [5, 5.41) is 3.17. The number of ether oxygens (including phenoxy) is 2. The highest BCUT2D eigenvalue weighted by molar-refractivity contribution is 6.09. The van der Waals surface area contributed by atoms with Crippen LogP contribution < -0.4 is 19.7 Å². The van der Waals surface area contributed by atoms with Crippen molar-refractivity contribution in [2.75, 3.05) is 19.1 Å². The Bertz CT molecular complexity index is 1140. The number of nitrogens with one attached hydrogen (secondary N) is 1. The fourth-order valence-corrected chi connectivity index (χ4v) is 4.56. The first kappa shape index (κ1) is 23.4. The molecular weight excluding hydrogens is 432 g/mol. The van der Waals surface area contributed by atoms with Gasteiger partial charge in [-0.15, -0.1) is 0 Å². The molecule has 1 saturated carbocycles. The Morgan fingerprint density at radius 3 is 2.44 bits per heavy atom. The molecule has 4 rings (SSSR count). The standard InChI is InChI=1S/C27H30N2O5/c1-18-9-6-12-20(17-18)29(27(31)23-15-8-16-34-23)24(26(30)28-19-10-4-5-11-19)21-13-7-14-22(32-2)25(21)33-3/h6-9,12-17,19,24H,4-5,10-11H2,1-3H3,(H,28,30)/t24-/m1/s1. The number of amides is 2. The largest absolute Gasteiger partial charge is 0.493 e. The van der Waals surface area contributed by atoms with E-state index >= 15 is 0 Å². The molecule has 0 radical (unpaired) electrons. The maximum absolute atomic E-state index is 13.9. The molecule has 0 aliphatic heterocycles. The van der Waals surface area contributed by atoms with E-state index < -0.39 is 11.9 Å². The number of hydrogen-bond acceptors (Lipinski definition) is 5. The van der Waals surface area contributed by atoms with E-state index in [-0.39, 0.29) is 17.7 Å². The summed E-state index contributed by atoms with van der Waals surface area (Å²) < 4.78 is 16.6. The third-order valence-corrected chi connectivity index (χ3v) is 6.17. The van der Waals surface area contributed by atoms with Crippen LogP contribution >= 0.6 is 0 Å². The minimum absolute atomic E-state index is 0.0738. The lowest BCUT2D eigenvalue weighted by atomic mass is 10.00. The van der Waals surface area contributed by atoms with Crippen molar-refractivity contribution in [3.63, 3.8) is 0 Å². The highest BCUT2D eigenvalue weighted by Crippen LogP contribution is 2.40. The van der Waals surface area contributed by atoms with E-state index in [0.29, 0.717) is 22.7 Å². The number of carbonyl (C=O) groups is 2. The Balaban J connectivity index is 1.89. The third kappa shape index (κ3) is 4.78. The summed E-state index contributed by atoms with van der Waals surface area (Å²) >= 11 is 0. The lowest BCUT2D eigenvalue weighted by Gasteiger charge is -2.33. The molecule has 1 N–H and O–H groups in total. The summed E-state index contributed by atoms with van der Waals surface area (Å²) in [6.45, 7) is 1.94. The summed E-state index contributed by atoms with van der Waals surface area (Å²) in [7, 11) is 3.07. The van der Waals surface area contributed by atoms with Gasteiger partial charge in [-0.25, -0.2) is 0 Å². The lowest BCUT2D eigenvalue weighted by molar-refractivity contribution is -0.123. The number of furan rings is 1. The second-order valence-electron chi connectivity index (χ2n) is 8.47. The maximum Gasteiger partial charge on any atom is 0.294 e. The van der Waals surface area contributed by atoms with Crippen LogP contribution in [0.15, 0.2) is 65.3 Å². The summed E-state index contributed by atoms with van der Waals surface area (Å²) in [5.74, 6) is 0.323. The molecule has 1 aliphatic carbocycles. The highest BCUT2D eigenvalue weighted by atomic mass is 16.5. The van der Waals surface area contributed by atoms with Crippen molar-refractivity contribution in [1.82, 2.24) is 5.32 Å². The predicted octanol–water partition coefficient (Wildman–Crippen LogP) is 5.05. The van der Waals surface area contributed by atoms with Crippen molar-refractivity contribution in [3.05, 3.63) is 77.7 Å². The number of rotatable bonds is 8. The quantitative estimate of drug-likeness (QED) is 0.507. The highest BCUT2D eigenvalue weighted by Gasteiger charge is 2.38. The normalized spacial score (nSPS) is 14.4. The van der Waals surface area contributed by atoms with Crippen LogP contribution in [0.1, 0.15) is 53.4 Å².